The van der Waals surface area contributed by atoms with Crippen molar-refractivity contribution in [1.29, 1.82) is 0 Å². The van der Waals surface area contributed by atoms with Crippen LogP contribution in [0.25, 0.3) is 22.4 Å². The second-order valence-electron chi connectivity index (χ2n) is 6.34. The average Bonchev–Trinajstić information content (AvgIpc) is 2.97. The minimum atomic E-state index is -0.00465. The van der Waals surface area contributed by atoms with Crippen LogP contribution in [-0.4, -0.2) is 29.0 Å². The number of carbonyl (C=O) groups excluding carboxylic acids is 1. The van der Waals surface area contributed by atoms with Crippen LogP contribution < -0.4 is 10.6 Å². The number of anilines is 1. The van der Waals surface area contributed by atoms with Gasteiger partial charge in [0, 0.05) is 11.5 Å². The fraction of sp³-hybridized carbons (Fsp3) is 0.263. The van der Waals surface area contributed by atoms with Gasteiger partial charge >= 0.3 is 0 Å². The zero-order valence-corrected chi connectivity index (χ0v) is 13.5. The van der Waals surface area contributed by atoms with Crippen LogP contribution in [0.4, 0.5) is 5.69 Å². The highest BCUT2D eigenvalue weighted by molar-refractivity contribution is 5.96. The van der Waals surface area contributed by atoms with E-state index in [0.717, 1.165) is 41.2 Å². The lowest BCUT2D eigenvalue weighted by atomic mass is 9.88. The molecule has 2 aromatic carbocycles. The lowest BCUT2D eigenvalue weighted by Crippen LogP contribution is -2.48. The van der Waals surface area contributed by atoms with Crippen LogP contribution in [0.15, 0.2) is 48.5 Å². The molecular formula is C19H20N4O. The monoisotopic (exact) mass is 320 g/mol. The van der Waals surface area contributed by atoms with Crippen molar-refractivity contribution in [3.63, 3.8) is 0 Å². The van der Waals surface area contributed by atoms with Crippen molar-refractivity contribution in [2.24, 2.45) is 11.8 Å². The zero-order chi connectivity index (χ0) is 16.5. The van der Waals surface area contributed by atoms with Crippen molar-refractivity contribution in [2.45, 2.75) is 6.92 Å². The number of H-pyrrole nitrogens is 1. The first-order valence-electron chi connectivity index (χ1n) is 8.28. The van der Waals surface area contributed by atoms with Crippen LogP contribution in [-0.2, 0) is 4.79 Å². The van der Waals surface area contributed by atoms with Crippen LogP contribution in [0.3, 0.4) is 0 Å². The molecule has 1 saturated heterocycles. The number of nitrogens with one attached hydrogen (secondary N) is 3. The fourth-order valence-corrected chi connectivity index (χ4v) is 3.00. The number of nitrogens with zero attached hydrogens (tertiary/aromatic N) is 1. The highest BCUT2D eigenvalue weighted by Crippen LogP contribution is 2.28. The van der Waals surface area contributed by atoms with Gasteiger partial charge in [0.1, 0.15) is 5.82 Å². The molecule has 0 radical (unpaired) electrons. The number of benzene rings is 2. The van der Waals surface area contributed by atoms with E-state index in [4.69, 9.17) is 0 Å². The summed E-state index contributed by atoms with van der Waals surface area (Å²) in [6.07, 6.45) is 0. The van der Waals surface area contributed by atoms with E-state index < -0.39 is 0 Å². The van der Waals surface area contributed by atoms with Crippen molar-refractivity contribution in [2.75, 3.05) is 18.4 Å². The van der Waals surface area contributed by atoms with Crippen molar-refractivity contribution >= 4 is 22.6 Å². The normalized spacial score (nSPS) is 15.9. The molecule has 4 rings (SSSR count). The van der Waals surface area contributed by atoms with Gasteiger partial charge in [0.05, 0.1) is 16.7 Å². The van der Waals surface area contributed by atoms with Crippen molar-refractivity contribution in [3.8, 4) is 11.4 Å². The zero-order valence-electron chi connectivity index (χ0n) is 13.5. The van der Waals surface area contributed by atoms with E-state index in [0.29, 0.717) is 5.92 Å². The summed E-state index contributed by atoms with van der Waals surface area (Å²) in [7, 11) is 0. The molecule has 3 aromatic rings. The molecule has 1 amide bonds. The molecule has 0 saturated carbocycles. The van der Waals surface area contributed by atoms with Crippen LogP contribution >= 0.6 is 0 Å². The van der Waals surface area contributed by atoms with Gasteiger partial charge in [-0.15, -0.1) is 0 Å². The molecule has 1 fully saturated rings. The maximum Gasteiger partial charge on any atom is 0.227 e. The van der Waals surface area contributed by atoms with E-state index in [-0.39, 0.29) is 11.8 Å². The summed E-state index contributed by atoms with van der Waals surface area (Å²) in [6.45, 7) is 3.82. The molecule has 0 spiro atoms. The summed E-state index contributed by atoms with van der Waals surface area (Å²) in [4.78, 5) is 20.5. The quantitative estimate of drug-likeness (QED) is 0.692. The summed E-state index contributed by atoms with van der Waals surface area (Å²) in [6, 6.07) is 15.7. The van der Waals surface area contributed by atoms with Gasteiger partial charge in [-0.1, -0.05) is 31.2 Å². The maximum absolute atomic E-state index is 12.5. The van der Waals surface area contributed by atoms with Crippen molar-refractivity contribution in [3.05, 3.63) is 48.5 Å². The number of aromatic amines is 1. The fourth-order valence-electron chi connectivity index (χ4n) is 3.00. The van der Waals surface area contributed by atoms with E-state index in [9.17, 15) is 4.79 Å². The number of imidazole rings is 1. The number of hydrogen-bond donors (Lipinski definition) is 3. The molecule has 0 aliphatic carbocycles. The van der Waals surface area contributed by atoms with Gasteiger partial charge < -0.3 is 15.6 Å². The largest absolute Gasteiger partial charge is 0.338 e. The highest BCUT2D eigenvalue weighted by Gasteiger charge is 2.29. The lowest BCUT2D eigenvalue weighted by molar-refractivity contribution is -0.121. The molecule has 0 bridgehead atoms. The lowest BCUT2D eigenvalue weighted by Gasteiger charge is -2.31. The second kappa shape index (κ2) is 6.09. The SMILES string of the molecule is CC(C(=O)Nc1ccccc1-c1nc2ccccc2[nH]1)C1CNC1. The Kier molecular flexibility index (Phi) is 3.78. The highest BCUT2D eigenvalue weighted by atomic mass is 16.1. The molecule has 3 N–H and O–H groups in total. The van der Waals surface area contributed by atoms with Gasteiger partial charge in [-0.05, 0) is 43.3 Å². The Balaban J connectivity index is 1.63. The van der Waals surface area contributed by atoms with Crippen molar-refractivity contribution < 1.29 is 4.79 Å². The summed E-state index contributed by atoms with van der Waals surface area (Å²) >= 11 is 0. The van der Waals surface area contributed by atoms with E-state index in [2.05, 4.69) is 20.6 Å². The third-order valence-electron chi connectivity index (χ3n) is 4.76. The molecule has 1 aliphatic heterocycles. The molecule has 1 aromatic heterocycles. The predicted octanol–water partition coefficient (Wildman–Crippen LogP) is 3.02. The smallest absolute Gasteiger partial charge is 0.227 e. The number of aromatic nitrogens is 2. The second-order valence-corrected chi connectivity index (χ2v) is 6.34. The molecular weight excluding hydrogens is 300 g/mol. The third kappa shape index (κ3) is 2.67. The van der Waals surface area contributed by atoms with Crippen molar-refractivity contribution in [1.82, 2.24) is 15.3 Å². The van der Waals surface area contributed by atoms with Crippen LogP contribution in [0, 0.1) is 11.8 Å². The Morgan fingerprint density at radius 3 is 2.67 bits per heavy atom. The van der Waals surface area contributed by atoms with Gasteiger partial charge in [-0.25, -0.2) is 4.98 Å². The van der Waals surface area contributed by atoms with Crippen LogP contribution in [0.2, 0.25) is 0 Å². The van der Waals surface area contributed by atoms with E-state index in [1.165, 1.54) is 0 Å². The summed E-state index contributed by atoms with van der Waals surface area (Å²) in [5.41, 5.74) is 3.60. The maximum atomic E-state index is 12.5. The van der Waals surface area contributed by atoms with E-state index >= 15 is 0 Å². The average molecular weight is 320 g/mol. The first-order chi connectivity index (χ1) is 11.7. The Labute approximate surface area is 140 Å². The topological polar surface area (TPSA) is 69.8 Å². The van der Waals surface area contributed by atoms with E-state index in [1.54, 1.807) is 0 Å². The molecule has 122 valence electrons. The third-order valence-corrected chi connectivity index (χ3v) is 4.76. The van der Waals surface area contributed by atoms with Gasteiger partial charge in [0.25, 0.3) is 0 Å². The standard InChI is InChI=1S/C19H20N4O/c1-12(13-10-20-11-13)19(24)23-15-7-3-2-6-14(15)18-21-16-8-4-5-9-17(16)22-18/h2-9,12-13,20H,10-11H2,1H3,(H,21,22)(H,23,24). The van der Waals surface area contributed by atoms with Gasteiger partial charge in [-0.2, -0.15) is 0 Å². The molecule has 5 nitrogen and oxygen atoms in total. The number of hydrogen-bond acceptors (Lipinski definition) is 3. The van der Waals surface area contributed by atoms with Gasteiger partial charge in [0.15, 0.2) is 0 Å². The Morgan fingerprint density at radius 1 is 1.17 bits per heavy atom. The summed E-state index contributed by atoms with van der Waals surface area (Å²) in [5.74, 6) is 1.24. The predicted molar refractivity (Wildman–Crippen MR) is 95.7 cm³/mol. The van der Waals surface area contributed by atoms with Gasteiger partial charge in [-0.3, -0.25) is 4.79 Å². The minimum Gasteiger partial charge on any atom is -0.338 e. The Morgan fingerprint density at radius 2 is 1.92 bits per heavy atom. The first-order valence-corrected chi connectivity index (χ1v) is 8.28. The molecule has 1 unspecified atom stereocenters. The number of fused-ring (bicyclic) bond motifs is 1. The van der Waals surface area contributed by atoms with Crippen LogP contribution in [0.1, 0.15) is 6.92 Å². The Bertz CT molecular complexity index is 849. The number of amides is 1. The minimum absolute atomic E-state index is 0.00465. The molecule has 2 heterocycles. The van der Waals surface area contributed by atoms with E-state index in [1.807, 2.05) is 55.5 Å². The number of carbonyl (C=O) groups is 1. The first kappa shape index (κ1) is 14.9. The number of rotatable bonds is 4. The van der Waals surface area contributed by atoms with Crippen LogP contribution in [0.5, 0.6) is 0 Å². The molecule has 1 aliphatic rings. The van der Waals surface area contributed by atoms with Gasteiger partial charge in [0.2, 0.25) is 5.91 Å². The molecule has 24 heavy (non-hydrogen) atoms. The Hall–Kier alpha value is -2.66. The summed E-state index contributed by atoms with van der Waals surface area (Å²) < 4.78 is 0. The number of para-hydroxylation sites is 3. The molecule has 1 atom stereocenters. The molecule has 5 heteroatoms. The summed E-state index contributed by atoms with van der Waals surface area (Å²) in [5, 5.41) is 6.29.